The van der Waals surface area contributed by atoms with E-state index in [0.29, 0.717) is 0 Å². The first-order chi connectivity index (χ1) is 7.99. The molecule has 92 valence electrons. The number of rotatable bonds is 5. The van der Waals surface area contributed by atoms with Crippen LogP contribution in [0.15, 0.2) is 18.2 Å². The summed E-state index contributed by atoms with van der Waals surface area (Å²) in [6.45, 7) is 1.80. The van der Waals surface area contributed by atoms with E-state index in [4.69, 9.17) is 10.8 Å². The summed E-state index contributed by atoms with van der Waals surface area (Å²) in [4.78, 5) is 23.9. The summed E-state index contributed by atoms with van der Waals surface area (Å²) in [7, 11) is 0. The number of aliphatic hydroxyl groups is 1. The topological polar surface area (TPSA) is 92.4 Å². The van der Waals surface area contributed by atoms with Gasteiger partial charge < -0.3 is 16.2 Å². The third kappa shape index (κ3) is 4.80. The van der Waals surface area contributed by atoms with Crippen LogP contribution in [0.4, 0.5) is 0 Å². The second-order valence-corrected chi connectivity index (χ2v) is 4.76. The molecule has 0 radical (unpaired) electrons. The monoisotopic (exact) mass is 254 g/mol. The molecule has 5 nitrogen and oxygen atoms in total. The minimum Gasteiger partial charge on any atom is -0.381 e. The molecule has 1 rings (SSSR count). The molecule has 0 saturated carbocycles. The SMILES string of the molecule is Cc1ccc(/C=C/C(=O)NCC(O)C(N)=O)s1. The summed E-state index contributed by atoms with van der Waals surface area (Å²) < 4.78 is 0. The molecule has 17 heavy (non-hydrogen) atoms. The molecular weight excluding hydrogens is 240 g/mol. The third-order valence-electron chi connectivity index (χ3n) is 1.96. The maximum absolute atomic E-state index is 11.3. The molecular formula is C11H14N2O3S. The smallest absolute Gasteiger partial charge is 0.248 e. The molecule has 2 amide bonds. The molecule has 1 atom stereocenters. The van der Waals surface area contributed by atoms with Crippen molar-refractivity contribution in [3.8, 4) is 0 Å². The van der Waals surface area contributed by atoms with Crippen LogP contribution in [-0.2, 0) is 9.59 Å². The van der Waals surface area contributed by atoms with Crippen LogP contribution in [0.2, 0.25) is 0 Å². The highest BCUT2D eigenvalue weighted by atomic mass is 32.1. The van der Waals surface area contributed by atoms with E-state index in [0.717, 1.165) is 9.75 Å². The summed E-state index contributed by atoms with van der Waals surface area (Å²) in [6.07, 6.45) is 1.67. The van der Waals surface area contributed by atoms with Crippen molar-refractivity contribution >= 4 is 29.2 Å². The average Bonchev–Trinajstić information content (AvgIpc) is 2.69. The van der Waals surface area contributed by atoms with Gasteiger partial charge in [-0.05, 0) is 25.1 Å². The number of nitrogens with one attached hydrogen (secondary N) is 1. The van der Waals surface area contributed by atoms with E-state index in [9.17, 15) is 9.59 Å². The summed E-state index contributed by atoms with van der Waals surface area (Å²) in [5.41, 5.74) is 4.83. The van der Waals surface area contributed by atoms with E-state index in [1.807, 2.05) is 19.1 Å². The first-order valence-corrected chi connectivity index (χ1v) is 5.80. The zero-order valence-electron chi connectivity index (χ0n) is 9.34. The van der Waals surface area contributed by atoms with Gasteiger partial charge >= 0.3 is 0 Å². The van der Waals surface area contributed by atoms with Gasteiger partial charge in [0.2, 0.25) is 11.8 Å². The van der Waals surface area contributed by atoms with Crippen LogP contribution < -0.4 is 11.1 Å². The summed E-state index contributed by atoms with van der Waals surface area (Å²) in [6, 6.07) is 3.86. The van der Waals surface area contributed by atoms with Crippen molar-refractivity contribution in [3.63, 3.8) is 0 Å². The summed E-state index contributed by atoms with van der Waals surface area (Å²) >= 11 is 1.57. The van der Waals surface area contributed by atoms with Crippen molar-refractivity contribution < 1.29 is 14.7 Å². The molecule has 0 saturated heterocycles. The zero-order valence-corrected chi connectivity index (χ0v) is 10.2. The summed E-state index contributed by atoms with van der Waals surface area (Å²) in [5.74, 6) is -1.24. The van der Waals surface area contributed by atoms with Crippen LogP contribution in [0.25, 0.3) is 6.08 Å². The maximum atomic E-state index is 11.3. The van der Waals surface area contributed by atoms with Crippen LogP contribution in [0, 0.1) is 6.92 Å². The summed E-state index contributed by atoms with van der Waals surface area (Å²) in [5, 5.41) is 11.4. The van der Waals surface area contributed by atoms with Gasteiger partial charge in [0, 0.05) is 15.8 Å². The largest absolute Gasteiger partial charge is 0.381 e. The molecule has 0 bridgehead atoms. The molecule has 0 spiro atoms. The number of aliphatic hydroxyl groups excluding tert-OH is 1. The fourth-order valence-electron chi connectivity index (χ4n) is 1.06. The Hall–Kier alpha value is -1.66. The Labute approximate surface area is 103 Å². The normalized spacial score (nSPS) is 12.6. The fraction of sp³-hybridized carbons (Fsp3) is 0.273. The van der Waals surface area contributed by atoms with E-state index in [1.54, 1.807) is 17.4 Å². The minimum absolute atomic E-state index is 0.179. The van der Waals surface area contributed by atoms with Crippen LogP contribution >= 0.6 is 11.3 Å². The highest BCUT2D eigenvalue weighted by Gasteiger charge is 2.10. The Morgan fingerprint density at radius 1 is 1.59 bits per heavy atom. The van der Waals surface area contributed by atoms with E-state index in [2.05, 4.69) is 5.32 Å². The van der Waals surface area contributed by atoms with Gasteiger partial charge in [-0.25, -0.2) is 0 Å². The van der Waals surface area contributed by atoms with Crippen molar-refractivity contribution in [1.82, 2.24) is 5.32 Å². The molecule has 1 aromatic heterocycles. The van der Waals surface area contributed by atoms with Gasteiger partial charge in [-0.1, -0.05) is 0 Å². The lowest BCUT2D eigenvalue weighted by Gasteiger charge is -2.05. The molecule has 1 aromatic rings. The molecule has 4 N–H and O–H groups in total. The van der Waals surface area contributed by atoms with Crippen molar-refractivity contribution in [2.45, 2.75) is 13.0 Å². The predicted octanol–water partition coefficient (Wildman–Crippen LogP) is 0.0321. The van der Waals surface area contributed by atoms with Gasteiger partial charge in [-0.15, -0.1) is 11.3 Å². The lowest BCUT2D eigenvalue weighted by molar-refractivity contribution is -0.126. The van der Waals surface area contributed by atoms with E-state index in [1.165, 1.54) is 6.08 Å². The second kappa shape index (κ2) is 6.17. The standard InChI is InChI=1S/C11H14N2O3S/c1-7-2-3-8(17-7)4-5-10(15)13-6-9(14)11(12)16/h2-5,9,14H,6H2,1H3,(H2,12,16)(H,13,15)/b5-4+. The lowest BCUT2D eigenvalue weighted by Crippen LogP contribution is -2.39. The minimum atomic E-state index is -1.35. The number of aryl methyl sites for hydroxylation is 1. The predicted molar refractivity (Wildman–Crippen MR) is 66.3 cm³/mol. The Kier molecular flexibility index (Phi) is 4.86. The first kappa shape index (κ1) is 13.4. The van der Waals surface area contributed by atoms with Gasteiger partial charge in [0.05, 0.1) is 6.54 Å². The molecule has 0 aliphatic rings. The second-order valence-electron chi connectivity index (χ2n) is 3.45. The Morgan fingerprint density at radius 2 is 2.29 bits per heavy atom. The van der Waals surface area contributed by atoms with Gasteiger partial charge in [0.1, 0.15) is 6.10 Å². The van der Waals surface area contributed by atoms with Crippen molar-refractivity contribution in [3.05, 3.63) is 28.0 Å². The maximum Gasteiger partial charge on any atom is 0.248 e. The molecule has 6 heteroatoms. The van der Waals surface area contributed by atoms with Gasteiger partial charge in [0.25, 0.3) is 0 Å². The van der Waals surface area contributed by atoms with E-state index in [-0.39, 0.29) is 12.5 Å². The Balaban J connectivity index is 2.39. The highest BCUT2D eigenvalue weighted by Crippen LogP contribution is 2.16. The molecule has 0 aliphatic carbocycles. The molecule has 0 fully saturated rings. The molecule has 0 aliphatic heterocycles. The lowest BCUT2D eigenvalue weighted by atomic mass is 10.3. The van der Waals surface area contributed by atoms with Gasteiger partial charge in [-0.2, -0.15) is 0 Å². The number of carbonyl (C=O) groups is 2. The quantitative estimate of drug-likeness (QED) is 0.647. The van der Waals surface area contributed by atoms with Gasteiger partial charge in [0.15, 0.2) is 0 Å². The Morgan fingerprint density at radius 3 is 2.82 bits per heavy atom. The van der Waals surface area contributed by atoms with Gasteiger partial charge in [-0.3, -0.25) is 9.59 Å². The first-order valence-electron chi connectivity index (χ1n) is 4.99. The number of carbonyl (C=O) groups excluding carboxylic acids is 2. The molecule has 0 aromatic carbocycles. The fourth-order valence-corrected chi connectivity index (χ4v) is 1.84. The van der Waals surface area contributed by atoms with Crippen LogP contribution in [0.1, 0.15) is 9.75 Å². The average molecular weight is 254 g/mol. The van der Waals surface area contributed by atoms with Crippen LogP contribution in [-0.4, -0.2) is 29.6 Å². The van der Waals surface area contributed by atoms with Crippen molar-refractivity contribution in [2.24, 2.45) is 5.73 Å². The number of amides is 2. The number of primary amides is 1. The number of hydrogen-bond acceptors (Lipinski definition) is 4. The number of thiophene rings is 1. The number of hydrogen-bond donors (Lipinski definition) is 3. The highest BCUT2D eigenvalue weighted by molar-refractivity contribution is 7.12. The zero-order chi connectivity index (χ0) is 12.8. The number of nitrogens with two attached hydrogens (primary N) is 1. The molecule has 1 unspecified atom stereocenters. The van der Waals surface area contributed by atoms with Crippen LogP contribution in [0.3, 0.4) is 0 Å². The van der Waals surface area contributed by atoms with E-state index < -0.39 is 12.0 Å². The Bertz CT molecular complexity index is 440. The van der Waals surface area contributed by atoms with Crippen molar-refractivity contribution in [2.75, 3.05) is 6.54 Å². The van der Waals surface area contributed by atoms with Crippen LogP contribution in [0.5, 0.6) is 0 Å². The van der Waals surface area contributed by atoms with Crippen molar-refractivity contribution in [1.29, 1.82) is 0 Å². The van der Waals surface area contributed by atoms with E-state index >= 15 is 0 Å². The molecule has 1 heterocycles. The third-order valence-corrected chi connectivity index (χ3v) is 2.92.